The summed E-state index contributed by atoms with van der Waals surface area (Å²) in [6.45, 7) is 1.71. The van der Waals surface area contributed by atoms with Gasteiger partial charge in [-0.25, -0.2) is 9.48 Å². The molecule has 1 aromatic heterocycles. The number of rotatable bonds is 4. The quantitative estimate of drug-likeness (QED) is 0.705. The Morgan fingerprint density at radius 2 is 1.80 bits per heavy atom. The van der Waals surface area contributed by atoms with Gasteiger partial charge in [-0.1, -0.05) is 29.3 Å². The molecule has 1 heterocycles. The summed E-state index contributed by atoms with van der Waals surface area (Å²) in [5, 5.41) is 14.9. The van der Waals surface area contributed by atoms with Gasteiger partial charge < -0.3 is 9.84 Å². The highest BCUT2D eigenvalue weighted by Crippen LogP contribution is 2.32. The second-order valence-electron chi connectivity index (χ2n) is 5.35. The van der Waals surface area contributed by atoms with E-state index in [4.69, 9.17) is 27.9 Å². The van der Waals surface area contributed by atoms with Crippen molar-refractivity contribution in [2.75, 3.05) is 7.11 Å². The van der Waals surface area contributed by atoms with Gasteiger partial charge in [0.25, 0.3) is 0 Å². The maximum Gasteiger partial charge on any atom is 0.339 e. The number of hydrogen-bond acceptors (Lipinski definition) is 3. The summed E-state index contributed by atoms with van der Waals surface area (Å²) in [7, 11) is 1.58. The highest BCUT2D eigenvalue weighted by molar-refractivity contribution is 6.42. The molecule has 25 heavy (non-hydrogen) atoms. The largest absolute Gasteiger partial charge is 0.497 e. The smallest absolute Gasteiger partial charge is 0.339 e. The van der Waals surface area contributed by atoms with E-state index in [1.807, 2.05) is 12.1 Å². The van der Waals surface area contributed by atoms with Crippen LogP contribution in [0.25, 0.3) is 16.9 Å². The molecule has 0 aliphatic heterocycles. The van der Waals surface area contributed by atoms with Crippen LogP contribution >= 0.6 is 23.2 Å². The van der Waals surface area contributed by atoms with Gasteiger partial charge in [0.2, 0.25) is 0 Å². The van der Waals surface area contributed by atoms with Gasteiger partial charge in [-0.05, 0) is 43.3 Å². The summed E-state index contributed by atoms with van der Waals surface area (Å²) in [6, 6.07) is 12.1. The zero-order valence-corrected chi connectivity index (χ0v) is 15.0. The maximum absolute atomic E-state index is 11.8. The molecule has 7 heteroatoms. The Bertz CT molecular complexity index is 950. The Kier molecular flexibility index (Phi) is 4.70. The van der Waals surface area contributed by atoms with Gasteiger partial charge in [0.15, 0.2) is 0 Å². The zero-order chi connectivity index (χ0) is 18.1. The third kappa shape index (κ3) is 3.21. The van der Waals surface area contributed by atoms with E-state index in [-0.39, 0.29) is 5.56 Å². The molecule has 0 saturated heterocycles. The van der Waals surface area contributed by atoms with E-state index in [0.717, 1.165) is 5.69 Å². The Morgan fingerprint density at radius 3 is 2.36 bits per heavy atom. The molecule has 0 aliphatic rings. The van der Waals surface area contributed by atoms with Crippen molar-refractivity contribution in [3.63, 3.8) is 0 Å². The van der Waals surface area contributed by atoms with Crippen molar-refractivity contribution in [1.82, 2.24) is 9.78 Å². The van der Waals surface area contributed by atoms with E-state index in [2.05, 4.69) is 5.10 Å². The van der Waals surface area contributed by atoms with Gasteiger partial charge in [0.05, 0.1) is 28.5 Å². The van der Waals surface area contributed by atoms with Crippen molar-refractivity contribution in [3.05, 3.63) is 63.8 Å². The molecule has 0 atom stereocenters. The first-order chi connectivity index (χ1) is 11.9. The van der Waals surface area contributed by atoms with Gasteiger partial charge in [-0.3, -0.25) is 0 Å². The molecule has 0 amide bonds. The van der Waals surface area contributed by atoms with Crippen molar-refractivity contribution in [2.45, 2.75) is 6.92 Å². The molecule has 0 aliphatic carbocycles. The van der Waals surface area contributed by atoms with Gasteiger partial charge >= 0.3 is 5.97 Å². The number of hydrogen-bond donors (Lipinski definition) is 1. The lowest BCUT2D eigenvalue weighted by molar-refractivity contribution is 0.0697. The molecule has 128 valence electrons. The van der Waals surface area contributed by atoms with Crippen molar-refractivity contribution >= 4 is 29.2 Å². The van der Waals surface area contributed by atoms with E-state index < -0.39 is 5.97 Å². The lowest BCUT2D eigenvalue weighted by Crippen LogP contribution is -2.02. The number of benzene rings is 2. The third-order valence-corrected chi connectivity index (χ3v) is 4.58. The predicted octanol–water partition coefficient (Wildman–Crippen LogP) is 4.86. The number of carboxylic acid groups (broad SMARTS) is 1. The topological polar surface area (TPSA) is 64.4 Å². The second-order valence-corrected chi connectivity index (χ2v) is 6.17. The zero-order valence-electron chi connectivity index (χ0n) is 13.5. The van der Waals surface area contributed by atoms with Crippen molar-refractivity contribution in [2.24, 2.45) is 0 Å². The summed E-state index contributed by atoms with van der Waals surface area (Å²) in [6.07, 6.45) is 0. The number of aromatic nitrogens is 2. The van der Waals surface area contributed by atoms with E-state index >= 15 is 0 Å². The third-order valence-electron chi connectivity index (χ3n) is 3.84. The molecular formula is C18H14Cl2N2O3. The Balaban J connectivity index is 2.18. The summed E-state index contributed by atoms with van der Waals surface area (Å²) in [5.74, 6) is -0.352. The number of carbonyl (C=O) groups is 1. The molecule has 3 aromatic rings. The average molecular weight is 377 g/mol. The van der Waals surface area contributed by atoms with Crippen LogP contribution in [0.4, 0.5) is 0 Å². The minimum atomic E-state index is -1.06. The fourth-order valence-electron chi connectivity index (χ4n) is 2.58. The maximum atomic E-state index is 11.8. The number of methoxy groups -OCH3 is 1. The molecule has 0 radical (unpaired) electrons. The van der Waals surface area contributed by atoms with Gasteiger partial charge in [-0.2, -0.15) is 5.10 Å². The first-order valence-electron chi connectivity index (χ1n) is 7.35. The standard InChI is InChI=1S/C18H14Cl2N2O3/c1-10-16(18(23)24)17(11-3-8-14(19)15(20)9-11)21-22(10)12-4-6-13(25-2)7-5-12/h3-9H,1-2H3,(H,23,24). The Labute approximate surface area is 154 Å². The minimum Gasteiger partial charge on any atom is -0.497 e. The van der Waals surface area contributed by atoms with Gasteiger partial charge in [0.1, 0.15) is 17.0 Å². The number of halogens is 2. The predicted molar refractivity (Wildman–Crippen MR) is 97.3 cm³/mol. The van der Waals surface area contributed by atoms with Gasteiger partial charge in [-0.15, -0.1) is 0 Å². The minimum absolute atomic E-state index is 0.120. The van der Waals surface area contributed by atoms with Crippen LogP contribution in [-0.4, -0.2) is 28.0 Å². The summed E-state index contributed by atoms with van der Waals surface area (Å²) in [5.41, 5.74) is 2.28. The van der Waals surface area contributed by atoms with Crippen LogP contribution in [0.1, 0.15) is 16.1 Å². The molecular weight excluding hydrogens is 363 g/mol. The molecule has 5 nitrogen and oxygen atoms in total. The lowest BCUT2D eigenvalue weighted by atomic mass is 10.1. The van der Waals surface area contributed by atoms with Crippen molar-refractivity contribution in [1.29, 1.82) is 0 Å². The van der Waals surface area contributed by atoms with E-state index in [1.54, 1.807) is 49.0 Å². The molecule has 3 rings (SSSR count). The monoisotopic (exact) mass is 376 g/mol. The summed E-state index contributed by atoms with van der Waals surface area (Å²) in [4.78, 5) is 11.8. The molecule has 0 bridgehead atoms. The fraction of sp³-hybridized carbons (Fsp3) is 0.111. The summed E-state index contributed by atoms with van der Waals surface area (Å²) >= 11 is 12.0. The van der Waals surface area contributed by atoms with Crippen LogP contribution in [-0.2, 0) is 0 Å². The SMILES string of the molecule is COc1ccc(-n2nc(-c3ccc(Cl)c(Cl)c3)c(C(=O)O)c2C)cc1. The number of aromatic carboxylic acids is 1. The summed E-state index contributed by atoms with van der Waals surface area (Å²) < 4.78 is 6.73. The van der Waals surface area contributed by atoms with Crippen molar-refractivity contribution in [3.8, 4) is 22.7 Å². The first kappa shape index (κ1) is 17.3. The second kappa shape index (κ2) is 6.78. The highest BCUT2D eigenvalue weighted by atomic mass is 35.5. The lowest BCUT2D eigenvalue weighted by Gasteiger charge is -2.05. The molecule has 0 saturated carbocycles. The average Bonchev–Trinajstić information content (AvgIpc) is 2.95. The van der Waals surface area contributed by atoms with Crippen LogP contribution in [0.2, 0.25) is 10.0 Å². The van der Waals surface area contributed by atoms with Crippen molar-refractivity contribution < 1.29 is 14.6 Å². The molecule has 0 fully saturated rings. The van der Waals surface area contributed by atoms with Gasteiger partial charge in [0, 0.05) is 5.56 Å². The molecule has 0 spiro atoms. The van der Waals surface area contributed by atoms with Crippen LogP contribution in [0.3, 0.4) is 0 Å². The van der Waals surface area contributed by atoms with E-state index in [9.17, 15) is 9.90 Å². The normalized spacial score (nSPS) is 10.7. The molecule has 2 aromatic carbocycles. The van der Waals surface area contributed by atoms with Crippen LogP contribution in [0, 0.1) is 6.92 Å². The van der Waals surface area contributed by atoms with Crippen LogP contribution < -0.4 is 4.74 Å². The number of ether oxygens (including phenoxy) is 1. The van der Waals surface area contributed by atoms with E-state index in [1.165, 1.54) is 0 Å². The van der Waals surface area contributed by atoms with Crippen LogP contribution in [0.5, 0.6) is 5.75 Å². The van der Waals surface area contributed by atoms with Crippen LogP contribution in [0.15, 0.2) is 42.5 Å². The first-order valence-corrected chi connectivity index (χ1v) is 8.10. The molecule has 0 unspecified atom stereocenters. The Hall–Kier alpha value is -2.50. The van der Waals surface area contributed by atoms with E-state index in [0.29, 0.717) is 32.7 Å². The number of nitrogens with zero attached hydrogens (tertiary/aromatic N) is 2. The highest BCUT2D eigenvalue weighted by Gasteiger charge is 2.23. The Morgan fingerprint density at radius 1 is 1.12 bits per heavy atom. The fourth-order valence-corrected chi connectivity index (χ4v) is 2.88. The number of carboxylic acids is 1. The molecule has 1 N–H and O–H groups in total.